The number of nitrogens with one attached hydrogen (secondary N) is 2. The quantitative estimate of drug-likeness (QED) is 0.731. The summed E-state index contributed by atoms with van der Waals surface area (Å²) in [6.07, 6.45) is 1.62. The molecule has 1 aromatic heterocycles. The number of aryl methyl sites for hydroxylation is 1. The minimum atomic E-state index is 0.517. The van der Waals surface area contributed by atoms with Crippen LogP contribution in [0.5, 0.6) is 0 Å². The second-order valence-corrected chi connectivity index (χ2v) is 5.34. The van der Waals surface area contributed by atoms with E-state index in [1.807, 2.05) is 18.2 Å². The Morgan fingerprint density at radius 2 is 1.52 bits per heavy atom. The van der Waals surface area contributed by atoms with Crippen LogP contribution in [0.15, 0.2) is 60.8 Å². The Balaban J connectivity index is 1.57. The molecule has 0 saturated heterocycles. The van der Waals surface area contributed by atoms with E-state index >= 15 is 0 Å². The van der Waals surface area contributed by atoms with Crippen molar-refractivity contribution in [2.45, 2.75) is 20.0 Å². The Morgan fingerprint density at radius 3 is 2.30 bits per heavy atom. The normalized spacial score (nSPS) is 10.3. The molecular weight excluding hydrogens is 286 g/mol. The van der Waals surface area contributed by atoms with E-state index in [9.17, 15) is 0 Å². The molecular formula is C18H19N5. The van der Waals surface area contributed by atoms with Crippen molar-refractivity contribution in [2.24, 2.45) is 0 Å². The highest BCUT2D eigenvalue weighted by molar-refractivity contribution is 5.38. The lowest BCUT2D eigenvalue weighted by Crippen LogP contribution is -2.08. The molecule has 0 radical (unpaired) electrons. The highest BCUT2D eigenvalue weighted by Gasteiger charge is 2.01. The van der Waals surface area contributed by atoms with Gasteiger partial charge in [-0.3, -0.25) is 0 Å². The molecule has 0 saturated carbocycles. The monoisotopic (exact) mass is 305 g/mol. The van der Waals surface area contributed by atoms with Gasteiger partial charge in [-0.05, 0) is 18.1 Å². The summed E-state index contributed by atoms with van der Waals surface area (Å²) in [5, 5.41) is 14.4. The zero-order chi connectivity index (χ0) is 15.9. The van der Waals surface area contributed by atoms with Gasteiger partial charge < -0.3 is 10.6 Å². The number of hydrogen-bond acceptors (Lipinski definition) is 5. The summed E-state index contributed by atoms with van der Waals surface area (Å²) in [6, 6.07) is 18.5. The van der Waals surface area contributed by atoms with Crippen LogP contribution in [0.2, 0.25) is 0 Å². The van der Waals surface area contributed by atoms with Crippen molar-refractivity contribution in [3.05, 3.63) is 77.5 Å². The van der Waals surface area contributed by atoms with E-state index in [4.69, 9.17) is 0 Å². The molecule has 0 unspecified atom stereocenters. The zero-order valence-corrected chi connectivity index (χ0v) is 13.0. The third kappa shape index (κ3) is 4.51. The lowest BCUT2D eigenvalue weighted by molar-refractivity contribution is 0.937. The lowest BCUT2D eigenvalue weighted by Gasteiger charge is -2.08. The molecule has 5 heteroatoms. The largest absolute Gasteiger partial charge is 0.365 e. The molecule has 0 aliphatic rings. The Morgan fingerprint density at radius 1 is 0.826 bits per heavy atom. The maximum Gasteiger partial charge on any atom is 0.244 e. The second-order valence-electron chi connectivity index (χ2n) is 5.34. The molecule has 0 aliphatic heterocycles. The highest BCUT2D eigenvalue weighted by Crippen LogP contribution is 2.09. The maximum atomic E-state index is 4.42. The predicted octanol–water partition coefficient (Wildman–Crippen LogP) is 3.40. The van der Waals surface area contributed by atoms with Crippen LogP contribution in [-0.4, -0.2) is 15.2 Å². The van der Waals surface area contributed by atoms with Crippen LogP contribution in [0.25, 0.3) is 0 Å². The number of nitrogens with zero attached hydrogens (tertiary/aromatic N) is 3. The Labute approximate surface area is 135 Å². The molecule has 0 fully saturated rings. The van der Waals surface area contributed by atoms with Gasteiger partial charge >= 0.3 is 0 Å². The fourth-order valence-corrected chi connectivity index (χ4v) is 2.14. The molecule has 116 valence electrons. The first kappa shape index (κ1) is 15.0. The second kappa shape index (κ2) is 7.35. The van der Waals surface area contributed by atoms with Gasteiger partial charge in [-0.1, -0.05) is 60.2 Å². The summed E-state index contributed by atoms with van der Waals surface area (Å²) in [4.78, 5) is 4.42. The van der Waals surface area contributed by atoms with Gasteiger partial charge in [0.2, 0.25) is 5.95 Å². The minimum absolute atomic E-state index is 0.517. The fourth-order valence-electron chi connectivity index (χ4n) is 2.14. The van der Waals surface area contributed by atoms with E-state index in [-0.39, 0.29) is 0 Å². The number of benzene rings is 2. The molecule has 23 heavy (non-hydrogen) atoms. The third-order valence-electron chi connectivity index (χ3n) is 3.45. The van der Waals surface area contributed by atoms with Gasteiger partial charge in [0.05, 0.1) is 6.20 Å². The molecule has 2 aromatic carbocycles. The van der Waals surface area contributed by atoms with Crippen molar-refractivity contribution in [3.63, 3.8) is 0 Å². The van der Waals surface area contributed by atoms with Crippen LogP contribution < -0.4 is 10.6 Å². The SMILES string of the molecule is Cc1ccc(CNc2nncc(NCc3ccccc3)n2)cc1. The first-order valence-corrected chi connectivity index (χ1v) is 7.56. The van der Waals surface area contributed by atoms with Gasteiger partial charge in [-0.2, -0.15) is 10.1 Å². The maximum absolute atomic E-state index is 4.42. The highest BCUT2D eigenvalue weighted by atomic mass is 15.3. The Bertz CT molecular complexity index is 741. The molecule has 0 bridgehead atoms. The summed E-state index contributed by atoms with van der Waals surface area (Å²) >= 11 is 0. The van der Waals surface area contributed by atoms with Gasteiger partial charge in [-0.25, -0.2) is 0 Å². The first-order chi connectivity index (χ1) is 11.3. The predicted molar refractivity (Wildman–Crippen MR) is 92.1 cm³/mol. The minimum Gasteiger partial charge on any atom is -0.365 e. The van der Waals surface area contributed by atoms with Crippen molar-refractivity contribution in [2.75, 3.05) is 10.6 Å². The van der Waals surface area contributed by atoms with E-state index in [0.717, 1.165) is 0 Å². The van der Waals surface area contributed by atoms with Crippen molar-refractivity contribution in [3.8, 4) is 0 Å². The van der Waals surface area contributed by atoms with Crippen LogP contribution in [0.4, 0.5) is 11.8 Å². The van der Waals surface area contributed by atoms with Gasteiger partial charge in [0.15, 0.2) is 5.82 Å². The average molecular weight is 305 g/mol. The van der Waals surface area contributed by atoms with Crippen LogP contribution in [0.3, 0.4) is 0 Å². The first-order valence-electron chi connectivity index (χ1n) is 7.56. The van der Waals surface area contributed by atoms with E-state index in [2.05, 4.69) is 69.1 Å². The molecule has 5 nitrogen and oxygen atoms in total. The van der Waals surface area contributed by atoms with Crippen LogP contribution in [0, 0.1) is 6.92 Å². The van der Waals surface area contributed by atoms with E-state index in [0.29, 0.717) is 24.9 Å². The van der Waals surface area contributed by atoms with Gasteiger partial charge in [0, 0.05) is 13.1 Å². The summed E-state index contributed by atoms with van der Waals surface area (Å²) < 4.78 is 0. The lowest BCUT2D eigenvalue weighted by atomic mass is 10.1. The Hall–Kier alpha value is -2.95. The number of anilines is 2. The fraction of sp³-hybridized carbons (Fsp3) is 0.167. The van der Waals surface area contributed by atoms with Crippen molar-refractivity contribution < 1.29 is 0 Å². The summed E-state index contributed by atoms with van der Waals surface area (Å²) in [7, 11) is 0. The zero-order valence-electron chi connectivity index (χ0n) is 13.0. The molecule has 3 rings (SSSR count). The molecule has 0 aliphatic carbocycles. The van der Waals surface area contributed by atoms with Crippen molar-refractivity contribution >= 4 is 11.8 Å². The Kier molecular flexibility index (Phi) is 4.79. The third-order valence-corrected chi connectivity index (χ3v) is 3.45. The van der Waals surface area contributed by atoms with Crippen molar-refractivity contribution in [1.82, 2.24) is 15.2 Å². The molecule has 1 heterocycles. The number of rotatable bonds is 6. The van der Waals surface area contributed by atoms with Crippen molar-refractivity contribution in [1.29, 1.82) is 0 Å². The smallest absolute Gasteiger partial charge is 0.244 e. The van der Waals surface area contributed by atoms with Crippen LogP contribution in [-0.2, 0) is 13.1 Å². The molecule has 3 aromatic rings. The number of hydrogen-bond donors (Lipinski definition) is 2. The molecule has 0 spiro atoms. The summed E-state index contributed by atoms with van der Waals surface area (Å²) in [5.41, 5.74) is 3.63. The van der Waals surface area contributed by atoms with Gasteiger partial charge in [0.25, 0.3) is 0 Å². The van der Waals surface area contributed by atoms with E-state index in [1.165, 1.54) is 16.7 Å². The topological polar surface area (TPSA) is 62.7 Å². The molecule has 2 N–H and O–H groups in total. The summed E-state index contributed by atoms with van der Waals surface area (Å²) in [5.74, 6) is 1.22. The van der Waals surface area contributed by atoms with Gasteiger partial charge in [-0.15, -0.1) is 5.10 Å². The van der Waals surface area contributed by atoms with E-state index < -0.39 is 0 Å². The summed E-state index contributed by atoms with van der Waals surface area (Å²) in [6.45, 7) is 3.45. The van der Waals surface area contributed by atoms with E-state index in [1.54, 1.807) is 6.20 Å². The van der Waals surface area contributed by atoms with Crippen LogP contribution in [0.1, 0.15) is 16.7 Å². The molecule has 0 atom stereocenters. The van der Waals surface area contributed by atoms with Gasteiger partial charge in [0.1, 0.15) is 0 Å². The molecule has 0 amide bonds. The number of aromatic nitrogens is 3. The average Bonchev–Trinajstić information content (AvgIpc) is 2.61. The van der Waals surface area contributed by atoms with Crippen LogP contribution >= 0.6 is 0 Å². The standard InChI is InChI=1S/C18H19N5/c1-14-7-9-16(10-8-14)12-20-18-22-17(13-21-23-18)19-11-15-5-3-2-4-6-15/h2-10,13H,11-12H2,1H3,(H2,19,20,22,23).